The predicted octanol–water partition coefficient (Wildman–Crippen LogP) is 5.86. The minimum Gasteiger partial charge on any atom is -0.340 e. The number of hydrogen-bond donors (Lipinski definition) is 1. The van der Waals surface area contributed by atoms with Gasteiger partial charge < -0.3 is 14.8 Å². The number of fused-ring (bicyclic) bond motifs is 1. The average molecular weight is 453 g/mol. The van der Waals surface area contributed by atoms with Crippen LogP contribution >= 0.6 is 11.6 Å². The SMILES string of the molecule is Cc1cc(Cn2c(N3CCNCC3)nc3c(C4=CCCCC4)cc(Cl)cc32)cc(C)c1F. The molecule has 0 spiro atoms. The van der Waals surface area contributed by atoms with Crippen LogP contribution in [0.15, 0.2) is 30.3 Å². The Morgan fingerprint density at radius 2 is 1.81 bits per heavy atom. The van der Waals surface area contributed by atoms with E-state index in [0.717, 1.165) is 72.2 Å². The van der Waals surface area contributed by atoms with Gasteiger partial charge in [-0.2, -0.15) is 0 Å². The van der Waals surface area contributed by atoms with Crippen molar-refractivity contribution in [2.45, 2.75) is 46.1 Å². The topological polar surface area (TPSA) is 33.1 Å². The van der Waals surface area contributed by atoms with Gasteiger partial charge in [-0.15, -0.1) is 0 Å². The molecule has 0 atom stereocenters. The molecule has 1 aliphatic heterocycles. The lowest BCUT2D eigenvalue weighted by atomic mass is 9.93. The molecular formula is C26H30ClFN4. The smallest absolute Gasteiger partial charge is 0.206 e. The van der Waals surface area contributed by atoms with E-state index in [-0.39, 0.29) is 5.82 Å². The van der Waals surface area contributed by atoms with Crippen molar-refractivity contribution in [3.05, 3.63) is 63.4 Å². The van der Waals surface area contributed by atoms with Gasteiger partial charge in [0.25, 0.3) is 0 Å². The molecule has 0 amide bonds. The summed E-state index contributed by atoms with van der Waals surface area (Å²) in [5.74, 6) is 0.849. The van der Waals surface area contributed by atoms with Crippen molar-refractivity contribution in [1.29, 1.82) is 0 Å². The van der Waals surface area contributed by atoms with Crippen LogP contribution in [-0.4, -0.2) is 35.7 Å². The Kier molecular flexibility index (Phi) is 5.95. The normalized spacial score (nSPS) is 17.1. The summed E-state index contributed by atoms with van der Waals surface area (Å²) in [5.41, 5.74) is 7.02. The number of allylic oxidation sites excluding steroid dienone is 2. The lowest BCUT2D eigenvalue weighted by Gasteiger charge is -2.29. The first-order valence-electron chi connectivity index (χ1n) is 11.6. The molecular weight excluding hydrogens is 423 g/mol. The van der Waals surface area contributed by atoms with E-state index >= 15 is 0 Å². The number of anilines is 1. The fourth-order valence-corrected chi connectivity index (χ4v) is 5.29. The molecule has 32 heavy (non-hydrogen) atoms. The van der Waals surface area contributed by atoms with E-state index in [9.17, 15) is 4.39 Å². The molecule has 1 aliphatic carbocycles. The van der Waals surface area contributed by atoms with Gasteiger partial charge in [0.2, 0.25) is 5.95 Å². The molecule has 4 nitrogen and oxygen atoms in total. The maximum atomic E-state index is 14.3. The summed E-state index contributed by atoms with van der Waals surface area (Å²) in [7, 11) is 0. The molecule has 2 heterocycles. The minimum absolute atomic E-state index is 0.124. The molecule has 1 aromatic heterocycles. The van der Waals surface area contributed by atoms with Crippen LogP contribution in [0.4, 0.5) is 10.3 Å². The summed E-state index contributed by atoms with van der Waals surface area (Å²) < 4.78 is 16.5. The van der Waals surface area contributed by atoms with Crippen LogP contribution in [0.2, 0.25) is 5.02 Å². The highest BCUT2D eigenvalue weighted by molar-refractivity contribution is 6.31. The zero-order valence-electron chi connectivity index (χ0n) is 18.8. The third-order valence-corrected chi connectivity index (χ3v) is 6.89. The van der Waals surface area contributed by atoms with Crippen molar-refractivity contribution in [2.75, 3.05) is 31.1 Å². The first-order valence-corrected chi connectivity index (χ1v) is 12.0. The fourth-order valence-electron chi connectivity index (χ4n) is 5.08. The highest BCUT2D eigenvalue weighted by atomic mass is 35.5. The molecule has 6 heteroatoms. The Labute approximate surface area is 194 Å². The second kappa shape index (κ2) is 8.87. The summed E-state index contributed by atoms with van der Waals surface area (Å²) >= 11 is 6.64. The van der Waals surface area contributed by atoms with E-state index in [1.165, 1.54) is 18.4 Å². The summed E-state index contributed by atoms with van der Waals surface area (Å²) in [4.78, 5) is 7.55. The number of rotatable bonds is 4. The van der Waals surface area contributed by atoms with Gasteiger partial charge in [0, 0.05) is 36.8 Å². The number of aryl methyl sites for hydroxylation is 2. The van der Waals surface area contributed by atoms with Gasteiger partial charge in [-0.1, -0.05) is 29.8 Å². The van der Waals surface area contributed by atoms with E-state index in [1.807, 2.05) is 32.0 Å². The van der Waals surface area contributed by atoms with Crippen molar-refractivity contribution in [3.63, 3.8) is 0 Å². The van der Waals surface area contributed by atoms with E-state index in [0.29, 0.717) is 17.7 Å². The third-order valence-electron chi connectivity index (χ3n) is 6.67. The fraction of sp³-hybridized carbons (Fsp3) is 0.423. The zero-order valence-corrected chi connectivity index (χ0v) is 19.6. The lowest BCUT2D eigenvalue weighted by molar-refractivity contribution is 0.571. The van der Waals surface area contributed by atoms with Crippen molar-refractivity contribution in [3.8, 4) is 0 Å². The van der Waals surface area contributed by atoms with Crippen LogP contribution in [0, 0.1) is 19.7 Å². The molecule has 5 rings (SSSR count). The summed E-state index contributed by atoms with van der Waals surface area (Å²) in [6.45, 7) is 8.01. The lowest BCUT2D eigenvalue weighted by Crippen LogP contribution is -2.44. The number of piperazine rings is 1. The standard InChI is InChI=1S/C26H30ClFN4/c1-17-12-19(13-18(2)24(17)28)16-32-23-15-21(27)14-22(20-6-4-3-5-7-20)25(23)30-26(32)31-10-8-29-9-11-31/h6,12-15,29H,3-5,7-11,16H2,1-2H3. The van der Waals surface area contributed by atoms with Gasteiger partial charge in [-0.3, -0.25) is 0 Å². The molecule has 1 saturated heterocycles. The van der Waals surface area contributed by atoms with Crippen molar-refractivity contribution in [1.82, 2.24) is 14.9 Å². The molecule has 1 N–H and O–H groups in total. The molecule has 2 aromatic carbocycles. The van der Waals surface area contributed by atoms with Gasteiger partial charge >= 0.3 is 0 Å². The third kappa shape index (κ3) is 4.04. The Hall–Kier alpha value is -2.37. The van der Waals surface area contributed by atoms with Crippen LogP contribution in [0.5, 0.6) is 0 Å². The number of nitrogens with zero attached hydrogens (tertiary/aromatic N) is 3. The Balaban J connectivity index is 1.68. The second-order valence-electron chi connectivity index (χ2n) is 9.07. The van der Waals surface area contributed by atoms with Crippen LogP contribution < -0.4 is 10.2 Å². The number of aromatic nitrogens is 2. The Morgan fingerprint density at radius 1 is 1.06 bits per heavy atom. The Bertz CT molecular complexity index is 1170. The largest absolute Gasteiger partial charge is 0.340 e. The number of nitrogens with one attached hydrogen (secondary N) is 1. The van der Waals surface area contributed by atoms with E-state index in [4.69, 9.17) is 16.6 Å². The molecule has 1 fully saturated rings. The summed E-state index contributed by atoms with van der Waals surface area (Å²) in [6.07, 6.45) is 6.99. The van der Waals surface area contributed by atoms with Crippen LogP contribution in [0.1, 0.15) is 47.9 Å². The van der Waals surface area contributed by atoms with Crippen molar-refractivity contribution >= 4 is 34.2 Å². The molecule has 0 bridgehead atoms. The quantitative estimate of drug-likeness (QED) is 0.538. The van der Waals surface area contributed by atoms with Crippen LogP contribution in [-0.2, 0) is 6.54 Å². The van der Waals surface area contributed by atoms with E-state index < -0.39 is 0 Å². The maximum absolute atomic E-state index is 14.3. The van der Waals surface area contributed by atoms with Gasteiger partial charge in [-0.25, -0.2) is 9.37 Å². The number of hydrogen-bond acceptors (Lipinski definition) is 3. The van der Waals surface area contributed by atoms with Crippen LogP contribution in [0.3, 0.4) is 0 Å². The monoisotopic (exact) mass is 452 g/mol. The summed E-state index contributed by atoms with van der Waals surface area (Å²) in [5, 5.41) is 4.16. The highest BCUT2D eigenvalue weighted by Crippen LogP contribution is 2.36. The first-order chi connectivity index (χ1) is 15.5. The molecule has 168 valence electrons. The van der Waals surface area contributed by atoms with Gasteiger partial charge in [0.15, 0.2) is 0 Å². The van der Waals surface area contributed by atoms with Gasteiger partial charge in [-0.05, 0) is 73.9 Å². The number of imidazole rings is 1. The van der Waals surface area contributed by atoms with Crippen molar-refractivity contribution < 1.29 is 4.39 Å². The van der Waals surface area contributed by atoms with Gasteiger partial charge in [0.05, 0.1) is 17.6 Å². The first kappa shape index (κ1) is 21.5. The average Bonchev–Trinajstić information content (AvgIpc) is 3.16. The maximum Gasteiger partial charge on any atom is 0.206 e. The Morgan fingerprint density at radius 3 is 2.50 bits per heavy atom. The number of halogens is 2. The van der Waals surface area contributed by atoms with E-state index in [1.54, 1.807) is 0 Å². The zero-order chi connectivity index (χ0) is 22.2. The van der Waals surface area contributed by atoms with Crippen LogP contribution in [0.25, 0.3) is 16.6 Å². The molecule has 2 aliphatic rings. The van der Waals surface area contributed by atoms with Crippen molar-refractivity contribution in [2.24, 2.45) is 0 Å². The van der Waals surface area contributed by atoms with Gasteiger partial charge in [0.1, 0.15) is 5.82 Å². The summed E-state index contributed by atoms with van der Waals surface area (Å²) in [6, 6.07) is 8.01. The molecule has 0 saturated carbocycles. The highest BCUT2D eigenvalue weighted by Gasteiger charge is 2.23. The second-order valence-corrected chi connectivity index (χ2v) is 9.51. The molecule has 0 radical (unpaired) electrons. The molecule has 3 aromatic rings. The predicted molar refractivity (Wildman–Crippen MR) is 131 cm³/mol. The number of benzene rings is 2. The minimum atomic E-state index is -0.124. The molecule has 0 unspecified atom stereocenters. The van der Waals surface area contributed by atoms with E-state index in [2.05, 4.69) is 26.9 Å².